The van der Waals surface area contributed by atoms with Gasteiger partial charge in [0.05, 0.1) is 12.3 Å². The molecule has 1 amide bonds. The maximum absolute atomic E-state index is 12.9. The molecule has 0 unspecified atom stereocenters. The Morgan fingerprint density at radius 1 is 1.23 bits per heavy atom. The summed E-state index contributed by atoms with van der Waals surface area (Å²) >= 11 is 0. The quantitative estimate of drug-likeness (QED) is 0.534. The average molecular weight is 416 g/mol. The van der Waals surface area contributed by atoms with Crippen LogP contribution in [0.25, 0.3) is 5.65 Å². The normalized spacial score (nSPS) is 11.8. The third-order valence-electron chi connectivity index (χ3n) is 4.90. The van der Waals surface area contributed by atoms with Gasteiger partial charge in [0.15, 0.2) is 0 Å². The molecule has 0 saturated carbocycles. The number of ether oxygens (including phenoxy) is 1. The molecule has 0 aliphatic carbocycles. The molecule has 1 N–H and O–H groups in total. The summed E-state index contributed by atoms with van der Waals surface area (Å²) in [6, 6.07) is 5.72. The van der Waals surface area contributed by atoms with Gasteiger partial charge < -0.3 is 14.5 Å². The molecule has 0 radical (unpaired) electrons. The highest BCUT2D eigenvalue weighted by atomic mass is 19.3. The number of carbonyl (C=O) groups is 1. The molecule has 6 nitrogen and oxygen atoms in total. The first-order valence-electron chi connectivity index (χ1n) is 9.97. The van der Waals surface area contributed by atoms with Crippen LogP contribution in [-0.2, 0) is 5.41 Å². The zero-order valence-corrected chi connectivity index (χ0v) is 17.6. The third-order valence-corrected chi connectivity index (χ3v) is 4.90. The number of rotatable bonds is 8. The molecule has 0 aliphatic heterocycles. The molecule has 3 aromatic rings. The lowest BCUT2D eigenvalue weighted by molar-refractivity contribution is 0.101. The van der Waals surface area contributed by atoms with Gasteiger partial charge in [-0.05, 0) is 25.5 Å². The lowest BCUT2D eigenvalue weighted by atomic mass is 9.85. The van der Waals surface area contributed by atoms with Crippen LogP contribution in [-0.4, -0.2) is 26.9 Å². The second-order valence-corrected chi connectivity index (χ2v) is 7.71. The molecule has 3 heterocycles. The summed E-state index contributed by atoms with van der Waals surface area (Å²) in [6.45, 7) is 8.66. The first-order valence-corrected chi connectivity index (χ1v) is 9.97. The molecule has 3 aromatic heterocycles. The number of aromatic nitrogens is 3. The second kappa shape index (κ2) is 8.77. The molecular weight excluding hydrogens is 390 g/mol. The van der Waals surface area contributed by atoms with Crippen molar-refractivity contribution >= 4 is 17.2 Å². The fraction of sp³-hybridized carbons (Fsp3) is 0.409. The van der Waals surface area contributed by atoms with E-state index in [0.29, 0.717) is 23.7 Å². The number of amides is 1. The summed E-state index contributed by atoms with van der Waals surface area (Å²) in [5.41, 5.74) is 1.44. The number of anilines is 1. The summed E-state index contributed by atoms with van der Waals surface area (Å²) in [5.74, 6) is -0.140. The van der Waals surface area contributed by atoms with Crippen molar-refractivity contribution in [2.75, 3.05) is 11.9 Å². The van der Waals surface area contributed by atoms with E-state index in [0.717, 1.165) is 18.5 Å². The molecule has 30 heavy (non-hydrogen) atoms. The van der Waals surface area contributed by atoms with Crippen molar-refractivity contribution in [3.05, 3.63) is 53.7 Å². The third kappa shape index (κ3) is 4.58. The van der Waals surface area contributed by atoms with Crippen LogP contribution in [0.2, 0.25) is 0 Å². The number of alkyl halides is 2. The van der Waals surface area contributed by atoms with Crippen molar-refractivity contribution in [2.45, 2.75) is 52.4 Å². The largest absolute Gasteiger partial charge is 0.491 e. The summed E-state index contributed by atoms with van der Waals surface area (Å²) in [7, 11) is 0. The molecule has 160 valence electrons. The number of fused-ring (bicyclic) bond motifs is 1. The molecule has 0 aliphatic rings. The molecular formula is C22H26F2N4O2. The molecule has 3 rings (SSSR count). The topological polar surface area (TPSA) is 68.5 Å². The summed E-state index contributed by atoms with van der Waals surface area (Å²) < 4.78 is 33.3. The lowest BCUT2D eigenvalue weighted by Gasteiger charge is -2.20. The highest BCUT2D eigenvalue weighted by Gasteiger charge is 2.24. The number of halogens is 2. The Morgan fingerprint density at radius 2 is 2.00 bits per heavy atom. The summed E-state index contributed by atoms with van der Waals surface area (Å²) in [5, 5.41) is 2.72. The van der Waals surface area contributed by atoms with Crippen LogP contribution >= 0.6 is 0 Å². The molecule has 0 atom stereocenters. The van der Waals surface area contributed by atoms with Gasteiger partial charge in [0.1, 0.15) is 28.5 Å². The highest BCUT2D eigenvalue weighted by molar-refractivity contribution is 6.03. The van der Waals surface area contributed by atoms with Gasteiger partial charge in [0.2, 0.25) is 0 Å². The minimum absolute atomic E-state index is 0.0877. The molecule has 0 saturated heterocycles. The summed E-state index contributed by atoms with van der Waals surface area (Å²) in [6.07, 6.45) is 2.94. The monoisotopic (exact) mass is 416 g/mol. The van der Waals surface area contributed by atoms with Crippen molar-refractivity contribution < 1.29 is 18.3 Å². The van der Waals surface area contributed by atoms with Crippen LogP contribution in [0.1, 0.15) is 68.8 Å². The van der Waals surface area contributed by atoms with Crippen LogP contribution in [0.3, 0.4) is 0 Å². The molecule has 0 spiro atoms. The van der Waals surface area contributed by atoms with E-state index < -0.39 is 18.0 Å². The highest BCUT2D eigenvalue weighted by Crippen LogP contribution is 2.31. The van der Waals surface area contributed by atoms with E-state index in [4.69, 9.17) is 9.72 Å². The molecule has 8 heteroatoms. The fourth-order valence-corrected chi connectivity index (χ4v) is 3.35. The van der Waals surface area contributed by atoms with Crippen molar-refractivity contribution in [1.82, 2.24) is 14.4 Å². The van der Waals surface area contributed by atoms with Crippen LogP contribution in [0.4, 0.5) is 14.5 Å². The first-order chi connectivity index (χ1) is 14.2. The van der Waals surface area contributed by atoms with E-state index in [1.165, 1.54) is 18.2 Å². The molecule has 0 bridgehead atoms. The minimum Gasteiger partial charge on any atom is -0.491 e. The van der Waals surface area contributed by atoms with E-state index in [1.54, 1.807) is 12.3 Å². The maximum atomic E-state index is 12.9. The van der Waals surface area contributed by atoms with Crippen LogP contribution in [0.5, 0.6) is 5.75 Å². The van der Waals surface area contributed by atoms with Crippen molar-refractivity contribution in [3.63, 3.8) is 0 Å². The van der Waals surface area contributed by atoms with Crippen LogP contribution in [0.15, 0.2) is 36.7 Å². The van der Waals surface area contributed by atoms with Gasteiger partial charge in [0, 0.05) is 23.9 Å². The van der Waals surface area contributed by atoms with Gasteiger partial charge in [0.25, 0.3) is 12.3 Å². The minimum atomic E-state index is -2.75. The zero-order valence-electron chi connectivity index (χ0n) is 17.6. The number of carbonyl (C=O) groups excluding carboxylic acids is 1. The Kier molecular flexibility index (Phi) is 6.34. The average Bonchev–Trinajstić information content (AvgIpc) is 3.12. The zero-order chi connectivity index (χ0) is 21.9. The van der Waals surface area contributed by atoms with E-state index in [2.05, 4.69) is 31.1 Å². The van der Waals surface area contributed by atoms with E-state index in [-0.39, 0.29) is 11.1 Å². The van der Waals surface area contributed by atoms with Crippen molar-refractivity contribution in [2.24, 2.45) is 0 Å². The number of nitrogens with one attached hydrogen (secondary N) is 1. The second-order valence-electron chi connectivity index (χ2n) is 7.71. The predicted octanol–water partition coefficient (Wildman–Crippen LogP) is 5.40. The summed E-state index contributed by atoms with van der Waals surface area (Å²) in [4.78, 5) is 21.1. The molecule has 0 fully saturated rings. The standard InChI is InChI=1S/C22H26F2N4O2/c1-5-10-22(3,4)18-13-28-12-16(17(30-6-2)11-19(28)27-18)26-21(29)15-9-7-8-14(25-15)20(23)24/h7-9,11-13,20H,5-6,10H2,1-4H3,(H,26,29). The van der Waals surface area contributed by atoms with Crippen LogP contribution < -0.4 is 10.1 Å². The Labute approximate surface area is 174 Å². The van der Waals surface area contributed by atoms with Crippen LogP contribution in [0, 0.1) is 0 Å². The lowest BCUT2D eigenvalue weighted by Crippen LogP contribution is -2.16. The van der Waals surface area contributed by atoms with Gasteiger partial charge in [-0.3, -0.25) is 4.79 Å². The fourth-order valence-electron chi connectivity index (χ4n) is 3.35. The van der Waals surface area contributed by atoms with E-state index >= 15 is 0 Å². The van der Waals surface area contributed by atoms with E-state index in [9.17, 15) is 13.6 Å². The smallest absolute Gasteiger partial charge is 0.280 e. The predicted molar refractivity (Wildman–Crippen MR) is 111 cm³/mol. The van der Waals surface area contributed by atoms with Crippen molar-refractivity contribution in [1.29, 1.82) is 0 Å². The number of nitrogens with zero attached hydrogens (tertiary/aromatic N) is 3. The van der Waals surface area contributed by atoms with Gasteiger partial charge in [-0.2, -0.15) is 0 Å². The Balaban J connectivity index is 1.96. The number of imidazole rings is 1. The number of pyridine rings is 2. The number of hydrogen-bond acceptors (Lipinski definition) is 4. The SMILES string of the molecule is CCCC(C)(C)c1cn2cc(NC(=O)c3cccc(C(F)F)n3)c(OCC)cc2n1. The van der Waals surface area contributed by atoms with Crippen molar-refractivity contribution in [3.8, 4) is 5.75 Å². The molecule has 0 aromatic carbocycles. The Morgan fingerprint density at radius 3 is 2.67 bits per heavy atom. The Hall–Kier alpha value is -3.03. The van der Waals surface area contributed by atoms with Gasteiger partial charge in [-0.25, -0.2) is 18.7 Å². The van der Waals surface area contributed by atoms with Gasteiger partial charge in [-0.15, -0.1) is 0 Å². The van der Waals surface area contributed by atoms with E-state index in [1.807, 2.05) is 17.5 Å². The maximum Gasteiger partial charge on any atom is 0.280 e. The number of hydrogen-bond donors (Lipinski definition) is 1. The van der Waals surface area contributed by atoms with Gasteiger partial charge in [-0.1, -0.05) is 33.3 Å². The first kappa shape index (κ1) is 21.7. The van der Waals surface area contributed by atoms with Gasteiger partial charge >= 0.3 is 0 Å². The Bertz CT molecular complexity index is 1050.